The predicted molar refractivity (Wildman–Crippen MR) is 91.4 cm³/mol. The highest BCUT2D eigenvalue weighted by Gasteiger charge is 2.12. The van der Waals surface area contributed by atoms with Crippen molar-refractivity contribution in [3.05, 3.63) is 34.6 Å². The van der Waals surface area contributed by atoms with E-state index in [1.54, 1.807) is 5.41 Å². The van der Waals surface area contributed by atoms with E-state index in [1.165, 1.54) is 15.7 Å². The van der Waals surface area contributed by atoms with E-state index in [0.717, 1.165) is 0 Å². The first-order valence-corrected chi connectivity index (χ1v) is 11.2. The maximum absolute atomic E-state index is 11.4. The summed E-state index contributed by atoms with van der Waals surface area (Å²) in [5.74, 6) is 0.541. The van der Waals surface area contributed by atoms with Crippen LogP contribution < -0.4 is 4.72 Å². The van der Waals surface area contributed by atoms with Gasteiger partial charge in [-0.15, -0.1) is 0 Å². The summed E-state index contributed by atoms with van der Waals surface area (Å²) in [4.78, 5) is 1.20. The molecule has 1 N–H and O–H groups in total. The van der Waals surface area contributed by atoms with Crippen LogP contribution in [0.3, 0.4) is 0 Å². The van der Waals surface area contributed by atoms with Crippen LogP contribution in [0.4, 0.5) is 0 Å². The van der Waals surface area contributed by atoms with E-state index in [-0.39, 0.29) is 0 Å². The third-order valence-electron chi connectivity index (χ3n) is 2.36. The lowest BCUT2D eigenvalue weighted by Gasteiger charge is -2.32. The van der Waals surface area contributed by atoms with Crippen molar-refractivity contribution in [2.45, 2.75) is 13.8 Å². The van der Waals surface area contributed by atoms with Crippen LogP contribution in [0.2, 0.25) is 0 Å². The lowest BCUT2D eigenvalue weighted by molar-refractivity contribution is 0.696. The molecule has 5 heteroatoms. The first kappa shape index (κ1) is 18.0. The Labute approximate surface area is 120 Å². The first-order chi connectivity index (χ1) is 8.33. The normalized spacial score (nSPS) is 16.9. The monoisotopic (exact) mass is 307 g/mol. The first-order valence-electron chi connectivity index (χ1n) is 5.77. The molecule has 0 amide bonds. The molecule has 0 aliphatic heterocycles. The van der Waals surface area contributed by atoms with Crippen LogP contribution in [0.5, 0.6) is 0 Å². The van der Waals surface area contributed by atoms with Crippen LogP contribution in [-0.4, -0.2) is 30.0 Å². The van der Waals surface area contributed by atoms with Gasteiger partial charge in [0.05, 0.1) is 0 Å². The fourth-order valence-electron chi connectivity index (χ4n) is 1.06. The lowest BCUT2D eigenvalue weighted by atomic mass is 10.2. The third kappa shape index (κ3) is 7.46. The molecule has 0 spiro atoms. The van der Waals surface area contributed by atoms with Gasteiger partial charge in [-0.2, -0.15) is 10.2 Å². The van der Waals surface area contributed by atoms with Gasteiger partial charge < -0.3 is 0 Å². The summed E-state index contributed by atoms with van der Waals surface area (Å²) in [6.07, 6.45) is 14.5. The minimum absolute atomic E-state index is 0.541. The van der Waals surface area contributed by atoms with E-state index in [1.807, 2.05) is 19.4 Å². The van der Waals surface area contributed by atoms with Crippen LogP contribution in [0.15, 0.2) is 34.6 Å². The second kappa shape index (κ2) is 9.02. The Morgan fingerprint density at radius 2 is 2.00 bits per heavy atom. The molecule has 0 aromatic heterocycles. The van der Waals surface area contributed by atoms with Crippen molar-refractivity contribution in [3.8, 4) is 0 Å². The van der Waals surface area contributed by atoms with Crippen molar-refractivity contribution in [2.75, 3.05) is 25.8 Å². The molecule has 0 rings (SSSR count). The molecule has 0 radical (unpaired) electrons. The molecule has 1 unspecified atom stereocenters. The smallest absolute Gasteiger partial charge is 0.105 e. The van der Waals surface area contributed by atoms with Gasteiger partial charge in [-0.05, 0) is 43.9 Å². The summed E-state index contributed by atoms with van der Waals surface area (Å²) in [6, 6.07) is 0. The van der Waals surface area contributed by atoms with E-state index in [4.69, 9.17) is 0 Å². The summed E-state index contributed by atoms with van der Waals surface area (Å²) >= 11 is 0. The Kier molecular flexibility index (Phi) is 9.03. The van der Waals surface area contributed by atoms with Crippen LogP contribution >= 0.6 is 21.0 Å². The Balaban J connectivity index is 5.07. The summed E-state index contributed by atoms with van der Waals surface area (Å²) in [7, 11) is 1.34. The van der Waals surface area contributed by atoms with Gasteiger partial charge >= 0.3 is 0 Å². The van der Waals surface area contributed by atoms with Gasteiger partial charge in [-0.3, -0.25) is 4.72 Å². The third-order valence-corrected chi connectivity index (χ3v) is 6.84. The maximum Gasteiger partial charge on any atom is 0.105 e. The van der Waals surface area contributed by atoms with Crippen molar-refractivity contribution < 1.29 is 4.21 Å². The molecule has 0 fully saturated rings. The molecule has 0 heterocycles. The molecule has 106 valence electrons. The zero-order valence-electron chi connectivity index (χ0n) is 12.1. The Hall–Kier alpha value is 0.0300. The molecule has 0 aliphatic rings. The van der Waals surface area contributed by atoms with Gasteiger partial charge in [0.15, 0.2) is 0 Å². The molecule has 18 heavy (non-hydrogen) atoms. The second-order valence-corrected chi connectivity index (χ2v) is 11.1. The maximum atomic E-state index is 11.4. The lowest BCUT2D eigenvalue weighted by Crippen LogP contribution is -2.14. The quantitative estimate of drug-likeness (QED) is 0.572. The molecular weight excluding hydrogens is 282 g/mol. The molecule has 0 aliphatic carbocycles. The zero-order valence-corrected chi connectivity index (χ0v) is 14.5. The highest BCUT2D eigenvalue weighted by molar-refractivity contribution is 8.70. The van der Waals surface area contributed by atoms with Gasteiger partial charge in [0, 0.05) is 10.3 Å². The van der Waals surface area contributed by atoms with E-state index in [2.05, 4.69) is 49.3 Å². The van der Waals surface area contributed by atoms with Crippen LogP contribution in [0.25, 0.3) is 0 Å². The van der Waals surface area contributed by atoms with Crippen LogP contribution in [-0.2, 0) is 9.83 Å². The van der Waals surface area contributed by atoms with Crippen molar-refractivity contribution in [2.24, 2.45) is 5.92 Å². The van der Waals surface area contributed by atoms with Crippen molar-refractivity contribution in [1.29, 1.82) is 0 Å². The molecule has 0 aromatic rings. The molecule has 0 saturated heterocycles. The minimum atomic E-state index is -1.03. The molecule has 0 aromatic carbocycles. The largest absolute Gasteiger partial charge is 0.280 e. The van der Waals surface area contributed by atoms with Gasteiger partial charge in [0.1, 0.15) is 9.83 Å². The van der Waals surface area contributed by atoms with Gasteiger partial charge in [0.25, 0.3) is 0 Å². The topological polar surface area (TPSA) is 29.1 Å². The Morgan fingerprint density at radius 3 is 2.44 bits per heavy atom. The predicted octanol–water partition coefficient (Wildman–Crippen LogP) is 3.82. The summed E-state index contributed by atoms with van der Waals surface area (Å²) < 4.78 is 14.8. The highest BCUT2D eigenvalue weighted by Crippen LogP contribution is 2.44. The van der Waals surface area contributed by atoms with Crippen molar-refractivity contribution in [1.82, 2.24) is 4.72 Å². The van der Waals surface area contributed by atoms with Crippen molar-refractivity contribution >= 4 is 30.8 Å². The summed E-state index contributed by atoms with van der Waals surface area (Å²) in [5, 5.41) is 1.76. The van der Waals surface area contributed by atoms with Crippen LogP contribution in [0.1, 0.15) is 13.8 Å². The standard InChI is InChI=1S/C13H25NOS3/c1-12(2)8-7-9-13(18(5,6)14-3)10-11-17(15)16-4/h7-12,14H,1-6H3/b8-7-,11-10-,13-9+. The van der Waals surface area contributed by atoms with Gasteiger partial charge in [-0.25, -0.2) is 4.21 Å². The van der Waals surface area contributed by atoms with Crippen LogP contribution in [0, 0.1) is 5.92 Å². The van der Waals surface area contributed by atoms with E-state index in [0.29, 0.717) is 5.92 Å². The number of hydrogen-bond donors (Lipinski definition) is 1. The van der Waals surface area contributed by atoms with E-state index in [9.17, 15) is 4.21 Å². The number of rotatable bonds is 7. The number of hydrogen-bond acceptors (Lipinski definition) is 3. The summed E-state index contributed by atoms with van der Waals surface area (Å²) in [5.41, 5.74) is 0. The number of nitrogens with one attached hydrogen (secondary N) is 1. The molecule has 1 atom stereocenters. The second-order valence-electron chi connectivity index (χ2n) is 4.46. The van der Waals surface area contributed by atoms with E-state index < -0.39 is 20.0 Å². The zero-order chi connectivity index (χ0) is 14.2. The molecule has 2 nitrogen and oxygen atoms in total. The average Bonchev–Trinajstić information content (AvgIpc) is 2.32. The fraction of sp³-hybridized carbons (Fsp3) is 0.538. The molecule has 0 bridgehead atoms. The summed E-state index contributed by atoms with van der Waals surface area (Å²) in [6.45, 7) is 4.30. The minimum Gasteiger partial charge on any atom is -0.280 e. The Bertz CT molecular complexity index is 357. The van der Waals surface area contributed by atoms with Gasteiger partial charge in [0.2, 0.25) is 0 Å². The number of allylic oxidation sites excluding steroid dienone is 4. The SMILES string of the molecule is CNS(C)(C)C(/C=C\S(=O)SC)=C/C=C\C(C)C. The fourth-order valence-corrected chi connectivity index (χ4v) is 3.08. The molecule has 0 saturated carbocycles. The van der Waals surface area contributed by atoms with E-state index >= 15 is 0 Å². The molecular formula is C13H25NOS3. The van der Waals surface area contributed by atoms with Gasteiger partial charge in [-0.1, -0.05) is 36.8 Å². The van der Waals surface area contributed by atoms with Crippen molar-refractivity contribution in [3.63, 3.8) is 0 Å². The Morgan fingerprint density at radius 1 is 1.39 bits per heavy atom. The average molecular weight is 308 g/mol. The highest BCUT2D eigenvalue weighted by atomic mass is 33.1.